The number of hydrogen-bond donors (Lipinski definition) is 1. The quantitative estimate of drug-likeness (QED) is 0.846. The average Bonchev–Trinajstić information content (AvgIpc) is 2.44. The third-order valence-corrected chi connectivity index (χ3v) is 4.22. The van der Waals surface area contributed by atoms with Crippen molar-refractivity contribution in [3.63, 3.8) is 0 Å². The van der Waals surface area contributed by atoms with Crippen LogP contribution in [0.5, 0.6) is 5.75 Å². The topological polar surface area (TPSA) is 72.5 Å². The Balaban J connectivity index is 2.09. The molecule has 0 heterocycles. The molecular formula is C15H12F3NO4S2. The molecule has 25 heavy (non-hydrogen) atoms. The van der Waals surface area contributed by atoms with E-state index in [1.165, 1.54) is 30.3 Å². The van der Waals surface area contributed by atoms with E-state index in [0.717, 1.165) is 18.0 Å². The Kier molecular flexibility index (Phi) is 5.63. The zero-order chi connectivity index (χ0) is 18.7. The van der Waals surface area contributed by atoms with Gasteiger partial charge in [0.1, 0.15) is 5.75 Å². The molecule has 0 spiro atoms. The summed E-state index contributed by atoms with van der Waals surface area (Å²) in [6.45, 7) is 0. The second-order valence-electron chi connectivity index (χ2n) is 4.85. The lowest BCUT2D eigenvalue weighted by Crippen LogP contribution is -2.29. The highest BCUT2D eigenvalue weighted by Crippen LogP contribution is 2.32. The van der Waals surface area contributed by atoms with Gasteiger partial charge >= 0.3 is 6.36 Å². The van der Waals surface area contributed by atoms with Crippen LogP contribution in [-0.4, -0.2) is 26.9 Å². The first kappa shape index (κ1) is 19.1. The summed E-state index contributed by atoms with van der Waals surface area (Å²) in [5.74, 6) is -1.10. The van der Waals surface area contributed by atoms with Crippen LogP contribution >= 0.6 is 11.8 Å². The molecule has 10 heteroatoms. The van der Waals surface area contributed by atoms with Crippen molar-refractivity contribution in [3.05, 3.63) is 54.1 Å². The maximum Gasteiger partial charge on any atom is 0.573 e. The first-order chi connectivity index (χ1) is 11.5. The fraction of sp³-hybridized carbons (Fsp3) is 0.133. The number of hydrogen-bond acceptors (Lipinski definition) is 5. The van der Waals surface area contributed by atoms with E-state index in [1.54, 1.807) is 18.2 Å². The van der Waals surface area contributed by atoms with Crippen molar-refractivity contribution in [2.24, 2.45) is 0 Å². The molecule has 0 saturated heterocycles. The maximum atomic E-state index is 12.2. The zero-order valence-electron chi connectivity index (χ0n) is 12.7. The zero-order valence-corrected chi connectivity index (χ0v) is 14.3. The van der Waals surface area contributed by atoms with E-state index in [1.807, 2.05) is 4.72 Å². The summed E-state index contributed by atoms with van der Waals surface area (Å²) in [7, 11) is -3.66. The number of alkyl halides is 3. The fourth-order valence-corrected chi connectivity index (χ4v) is 3.09. The molecule has 134 valence electrons. The van der Waals surface area contributed by atoms with E-state index in [0.29, 0.717) is 9.79 Å². The predicted molar refractivity (Wildman–Crippen MR) is 86.0 cm³/mol. The Morgan fingerprint density at radius 3 is 2.28 bits per heavy atom. The summed E-state index contributed by atoms with van der Waals surface area (Å²) in [4.78, 5) is 12.8. The van der Waals surface area contributed by atoms with Crippen LogP contribution in [0, 0.1) is 0 Å². The van der Waals surface area contributed by atoms with Gasteiger partial charge in [-0.1, -0.05) is 17.8 Å². The molecule has 1 amide bonds. The van der Waals surface area contributed by atoms with Gasteiger partial charge in [-0.25, -0.2) is 13.1 Å². The van der Waals surface area contributed by atoms with Gasteiger partial charge in [-0.2, -0.15) is 0 Å². The molecule has 2 aromatic rings. The summed E-state index contributed by atoms with van der Waals surface area (Å²) < 4.78 is 64.4. The highest BCUT2D eigenvalue weighted by atomic mass is 32.2. The predicted octanol–water partition coefficient (Wildman–Crippen LogP) is 3.43. The van der Waals surface area contributed by atoms with Crippen molar-refractivity contribution in [1.29, 1.82) is 0 Å². The maximum absolute atomic E-state index is 12.2. The fourth-order valence-electron chi connectivity index (χ4n) is 1.77. The standard InChI is InChI=1S/C15H12F3NO4S2/c1-25(21,22)19-14(20)10-5-7-12(8-6-10)24-13-4-2-3-11(9-13)23-15(16,17)18/h2-9H,1H3,(H,19,20). The first-order valence-electron chi connectivity index (χ1n) is 6.68. The Morgan fingerprint density at radius 2 is 1.72 bits per heavy atom. The molecule has 0 aliphatic rings. The normalized spacial score (nSPS) is 11.8. The number of benzene rings is 2. The molecule has 0 fully saturated rings. The van der Waals surface area contributed by atoms with Crippen LogP contribution in [0.3, 0.4) is 0 Å². The Bertz CT molecular complexity index is 865. The molecule has 5 nitrogen and oxygen atoms in total. The SMILES string of the molecule is CS(=O)(=O)NC(=O)c1ccc(Sc2cccc(OC(F)(F)F)c2)cc1. The molecule has 0 atom stereocenters. The summed E-state index contributed by atoms with van der Waals surface area (Å²) in [5.41, 5.74) is 0.143. The number of sulfonamides is 1. The number of carbonyl (C=O) groups is 1. The Labute approximate surface area is 146 Å². The molecule has 0 unspecified atom stereocenters. The van der Waals surface area contributed by atoms with Crippen LogP contribution in [0.4, 0.5) is 13.2 Å². The smallest absolute Gasteiger partial charge is 0.406 e. The lowest BCUT2D eigenvalue weighted by atomic mass is 10.2. The van der Waals surface area contributed by atoms with Gasteiger partial charge in [0.05, 0.1) is 6.26 Å². The minimum Gasteiger partial charge on any atom is -0.406 e. The molecule has 0 bridgehead atoms. The third-order valence-electron chi connectivity index (χ3n) is 2.67. The summed E-state index contributed by atoms with van der Waals surface area (Å²) >= 11 is 1.16. The lowest BCUT2D eigenvalue weighted by molar-refractivity contribution is -0.274. The molecule has 0 radical (unpaired) electrons. The van der Waals surface area contributed by atoms with Crippen LogP contribution in [0.15, 0.2) is 58.3 Å². The van der Waals surface area contributed by atoms with E-state index >= 15 is 0 Å². The Hall–Kier alpha value is -2.20. The lowest BCUT2D eigenvalue weighted by Gasteiger charge is -2.10. The average molecular weight is 391 g/mol. The number of rotatable bonds is 5. The van der Waals surface area contributed by atoms with Gasteiger partial charge in [0, 0.05) is 15.4 Å². The molecule has 2 rings (SSSR count). The van der Waals surface area contributed by atoms with Crippen molar-refractivity contribution in [2.75, 3.05) is 6.26 Å². The van der Waals surface area contributed by atoms with Gasteiger partial charge < -0.3 is 4.74 Å². The van der Waals surface area contributed by atoms with Crippen molar-refractivity contribution in [3.8, 4) is 5.75 Å². The molecule has 0 aliphatic heterocycles. The molecule has 0 aliphatic carbocycles. The molecule has 1 N–H and O–H groups in total. The summed E-state index contributed by atoms with van der Waals surface area (Å²) in [5, 5.41) is 0. The molecule has 2 aromatic carbocycles. The number of ether oxygens (including phenoxy) is 1. The third kappa shape index (κ3) is 6.67. The van der Waals surface area contributed by atoms with Crippen LogP contribution in [0.2, 0.25) is 0 Å². The van der Waals surface area contributed by atoms with Crippen LogP contribution in [-0.2, 0) is 10.0 Å². The number of carbonyl (C=O) groups excluding carboxylic acids is 1. The second-order valence-corrected chi connectivity index (χ2v) is 7.75. The largest absolute Gasteiger partial charge is 0.573 e. The molecular weight excluding hydrogens is 379 g/mol. The highest BCUT2D eigenvalue weighted by Gasteiger charge is 2.31. The monoisotopic (exact) mass is 391 g/mol. The van der Waals surface area contributed by atoms with E-state index in [9.17, 15) is 26.4 Å². The van der Waals surface area contributed by atoms with Gasteiger partial charge in [-0.3, -0.25) is 4.79 Å². The van der Waals surface area contributed by atoms with Crippen LogP contribution < -0.4 is 9.46 Å². The first-order valence-corrected chi connectivity index (χ1v) is 9.38. The van der Waals surface area contributed by atoms with E-state index in [2.05, 4.69) is 4.74 Å². The highest BCUT2D eigenvalue weighted by molar-refractivity contribution is 7.99. The van der Waals surface area contributed by atoms with Gasteiger partial charge in [0.15, 0.2) is 0 Å². The van der Waals surface area contributed by atoms with Gasteiger partial charge in [-0.05, 0) is 42.5 Å². The van der Waals surface area contributed by atoms with Gasteiger partial charge in [0.25, 0.3) is 5.91 Å². The van der Waals surface area contributed by atoms with Gasteiger partial charge in [-0.15, -0.1) is 13.2 Å². The van der Waals surface area contributed by atoms with Gasteiger partial charge in [0.2, 0.25) is 10.0 Å². The van der Waals surface area contributed by atoms with Crippen molar-refractivity contribution < 1.29 is 31.1 Å². The number of halogens is 3. The molecule has 0 aromatic heterocycles. The van der Waals surface area contributed by atoms with Crippen molar-refractivity contribution >= 4 is 27.7 Å². The van der Waals surface area contributed by atoms with E-state index in [4.69, 9.17) is 0 Å². The van der Waals surface area contributed by atoms with Crippen molar-refractivity contribution in [1.82, 2.24) is 4.72 Å². The summed E-state index contributed by atoms with van der Waals surface area (Å²) in [6, 6.07) is 11.4. The van der Waals surface area contributed by atoms with E-state index < -0.39 is 22.3 Å². The number of amides is 1. The minimum atomic E-state index is -4.77. The second kappa shape index (κ2) is 7.36. The number of nitrogens with one attached hydrogen (secondary N) is 1. The summed E-state index contributed by atoms with van der Waals surface area (Å²) in [6.07, 6.45) is -3.90. The van der Waals surface area contributed by atoms with Crippen molar-refractivity contribution in [2.45, 2.75) is 16.2 Å². The molecule has 0 saturated carbocycles. The van der Waals surface area contributed by atoms with Crippen LogP contribution in [0.1, 0.15) is 10.4 Å². The Morgan fingerprint density at radius 1 is 1.08 bits per heavy atom. The minimum absolute atomic E-state index is 0.143. The van der Waals surface area contributed by atoms with E-state index in [-0.39, 0.29) is 11.3 Å². The van der Waals surface area contributed by atoms with Crippen LogP contribution in [0.25, 0.3) is 0 Å².